The summed E-state index contributed by atoms with van der Waals surface area (Å²) in [6.45, 7) is 2.01. The van der Waals surface area contributed by atoms with Crippen LogP contribution in [0.3, 0.4) is 0 Å². The number of aryl methyl sites for hydroxylation is 1. The molecule has 1 unspecified atom stereocenters. The molecule has 0 amide bonds. The van der Waals surface area contributed by atoms with E-state index in [0.717, 1.165) is 25.6 Å². The molecule has 0 aromatic heterocycles. The minimum atomic E-state index is -0.598. The zero-order valence-corrected chi connectivity index (χ0v) is 12.5. The average Bonchev–Trinajstić information content (AvgIpc) is 2.29. The van der Waals surface area contributed by atoms with Crippen LogP contribution in [0.1, 0.15) is 22.8 Å². The summed E-state index contributed by atoms with van der Waals surface area (Å²) in [6.07, 6.45) is -0.598. The second kappa shape index (κ2) is 5.34. The number of rotatable bonds is 2. The zero-order chi connectivity index (χ0) is 12.4. The largest absolute Gasteiger partial charge is 0.384 e. The predicted octanol–water partition coefficient (Wildman–Crippen LogP) is 4.60. The fourth-order valence-corrected chi connectivity index (χ4v) is 3.05. The third-order valence-electron chi connectivity index (χ3n) is 2.74. The van der Waals surface area contributed by atoms with Gasteiger partial charge in [0.25, 0.3) is 0 Å². The lowest BCUT2D eigenvalue weighted by Gasteiger charge is -2.15. The number of halogens is 2. The molecular formula is C14H12Br2O. The Morgan fingerprint density at radius 3 is 2.35 bits per heavy atom. The van der Waals surface area contributed by atoms with E-state index in [2.05, 4.69) is 31.9 Å². The van der Waals surface area contributed by atoms with Crippen molar-refractivity contribution in [3.05, 3.63) is 68.1 Å². The Bertz CT molecular complexity index is 537. The van der Waals surface area contributed by atoms with E-state index in [-0.39, 0.29) is 0 Å². The molecule has 0 saturated carbocycles. The summed E-state index contributed by atoms with van der Waals surface area (Å²) in [4.78, 5) is 0. The van der Waals surface area contributed by atoms with Crippen molar-refractivity contribution in [1.29, 1.82) is 0 Å². The molecule has 88 valence electrons. The van der Waals surface area contributed by atoms with Crippen LogP contribution in [0, 0.1) is 6.92 Å². The Hall–Kier alpha value is -0.640. The Morgan fingerprint density at radius 1 is 1.00 bits per heavy atom. The first-order chi connectivity index (χ1) is 8.09. The Balaban J connectivity index is 2.44. The van der Waals surface area contributed by atoms with Crippen molar-refractivity contribution in [2.75, 3.05) is 0 Å². The van der Waals surface area contributed by atoms with Gasteiger partial charge in [0.15, 0.2) is 0 Å². The molecule has 1 nitrogen and oxygen atoms in total. The van der Waals surface area contributed by atoms with Gasteiger partial charge in [-0.2, -0.15) is 0 Å². The lowest BCUT2D eigenvalue weighted by atomic mass is 9.98. The topological polar surface area (TPSA) is 20.2 Å². The van der Waals surface area contributed by atoms with Gasteiger partial charge in [-0.3, -0.25) is 0 Å². The Kier molecular flexibility index (Phi) is 4.02. The first-order valence-corrected chi connectivity index (χ1v) is 6.86. The molecule has 0 aliphatic carbocycles. The highest BCUT2D eigenvalue weighted by molar-refractivity contribution is 9.11. The smallest absolute Gasteiger partial charge is 0.105 e. The summed E-state index contributed by atoms with van der Waals surface area (Å²) in [7, 11) is 0. The third kappa shape index (κ3) is 2.79. The van der Waals surface area contributed by atoms with Crippen LogP contribution in [0.25, 0.3) is 0 Å². The second-order valence-electron chi connectivity index (χ2n) is 3.92. The molecule has 0 radical (unpaired) electrons. The monoisotopic (exact) mass is 354 g/mol. The van der Waals surface area contributed by atoms with Gasteiger partial charge in [-0.15, -0.1) is 0 Å². The van der Waals surface area contributed by atoms with E-state index in [4.69, 9.17) is 0 Å². The molecule has 0 heterocycles. The van der Waals surface area contributed by atoms with Crippen LogP contribution in [-0.2, 0) is 0 Å². The van der Waals surface area contributed by atoms with Gasteiger partial charge < -0.3 is 5.11 Å². The van der Waals surface area contributed by atoms with Crippen LogP contribution >= 0.6 is 31.9 Å². The quantitative estimate of drug-likeness (QED) is 0.834. The summed E-state index contributed by atoms with van der Waals surface area (Å²) in [5.74, 6) is 0. The minimum absolute atomic E-state index is 0.598. The van der Waals surface area contributed by atoms with Crippen LogP contribution in [-0.4, -0.2) is 5.11 Å². The first kappa shape index (κ1) is 12.8. The van der Waals surface area contributed by atoms with E-state index < -0.39 is 6.10 Å². The maximum atomic E-state index is 10.4. The first-order valence-electron chi connectivity index (χ1n) is 5.28. The SMILES string of the molecule is Cc1ccccc1C(O)c1ccc(Br)cc1Br. The van der Waals surface area contributed by atoms with Gasteiger partial charge in [-0.25, -0.2) is 0 Å². The number of benzene rings is 2. The maximum absolute atomic E-state index is 10.4. The molecular weight excluding hydrogens is 344 g/mol. The second-order valence-corrected chi connectivity index (χ2v) is 5.69. The van der Waals surface area contributed by atoms with Crippen molar-refractivity contribution in [3.8, 4) is 0 Å². The normalized spacial score (nSPS) is 12.5. The van der Waals surface area contributed by atoms with Crippen LogP contribution < -0.4 is 0 Å². The molecule has 1 atom stereocenters. The molecule has 3 heteroatoms. The zero-order valence-electron chi connectivity index (χ0n) is 9.32. The molecule has 0 bridgehead atoms. The molecule has 2 aromatic rings. The molecule has 0 aliphatic heterocycles. The highest BCUT2D eigenvalue weighted by Gasteiger charge is 2.15. The predicted molar refractivity (Wildman–Crippen MR) is 77.1 cm³/mol. The van der Waals surface area contributed by atoms with Crippen molar-refractivity contribution >= 4 is 31.9 Å². The van der Waals surface area contributed by atoms with Gasteiger partial charge in [0.2, 0.25) is 0 Å². The van der Waals surface area contributed by atoms with E-state index in [0.29, 0.717) is 0 Å². The standard InChI is InChI=1S/C14H12Br2O/c1-9-4-2-3-5-11(9)14(17)12-7-6-10(15)8-13(12)16/h2-8,14,17H,1H3. The van der Waals surface area contributed by atoms with Crippen molar-refractivity contribution < 1.29 is 5.11 Å². The van der Waals surface area contributed by atoms with Crippen LogP contribution in [0.2, 0.25) is 0 Å². The minimum Gasteiger partial charge on any atom is -0.384 e. The van der Waals surface area contributed by atoms with Gasteiger partial charge in [0.1, 0.15) is 6.10 Å². The molecule has 0 spiro atoms. The van der Waals surface area contributed by atoms with E-state index in [1.54, 1.807) is 0 Å². The molecule has 0 saturated heterocycles. The highest BCUT2D eigenvalue weighted by Crippen LogP contribution is 2.31. The van der Waals surface area contributed by atoms with Gasteiger partial charge in [0.05, 0.1) is 0 Å². The fraction of sp³-hybridized carbons (Fsp3) is 0.143. The number of hydrogen-bond donors (Lipinski definition) is 1. The van der Waals surface area contributed by atoms with Crippen molar-refractivity contribution in [2.24, 2.45) is 0 Å². The van der Waals surface area contributed by atoms with E-state index >= 15 is 0 Å². The van der Waals surface area contributed by atoms with Crippen molar-refractivity contribution in [3.63, 3.8) is 0 Å². The number of aliphatic hydroxyl groups is 1. The molecule has 0 fully saturated rings. The van der Waals surface area contributed by atoms with Crippen LogP contribution in [0.5, 0.6) is 0 Å². The summed E-state index contributed by atoms with van der Waals surface area (Å²) in [5.41, 5.74) is 2.91. The molecule has 0 aliphatic rings. The van der Waals surface area contributed by atoms with Gasteiger partial charge >= 0.3 is 0 Å². The molecule has 17 heavy (non-hydrogen) atoms. The summed E-state index contributed by atoms with van der Waals surface area (Å²) in [6, 6.07) is 13.7. The lowest BCUT2D eigenvalue weighted by Crippen LogP contribution is -2.02. The van der Waals surface area contributed by atoms with Crippen molar-refractivity contribution in [2.45, 2.75) is 13.0 Å². The van der Waals surface area contributed by atoms with Crippen LogP contribution in [0.15, 0.2) is 51.4 Å². The van der Waals surface area contributed by atoms with Gasteiger partial charge in [-0.1, -0.05) is 62.2 Å². The van der Waals surface area contributed by atoms with Crippen LogP contribution in [0.4, 0.5) is 0 Å². The molecule has 2 rings (SSSR count). The highest BCUT2D eigenvalue weighted by atomic mass is 79.9. The van der Waals surface area contributed by atoms with E-state index in [1.807, 2.05) is 49.4 Å². The van der Waals surface area contributed by atoms with Gasteiger partial charge in [-0.05, 0) is 35.7 Å². The van der Waals surface area contributed by atoms with E-state index in [1.165, 1.54) is 0 Å². The average molecular weight is 356 g/mol. The number of hydrogen-bond acceptors (Lipinski definition) is 1. The summed E-state index contributed by atoms with van der Waals surface area (Å²) < 4.78 is 1.90. The summed E-state index contributed by atoms with van der Waals surface area (Å²) >= 11 is 6.88. The lowest BCUT2D eigenvalue weighted by molar-refractivity contribution is 0.219. The fourth-order valence-electron chi connectivity index (χ4n) is 1.78. The Morgan fingerprint density at radius 2 is 1.71 bits per heavy atom. The third-order valence-corrected chi connectivity index (χ3v) is 3.92. The maximum Gasteiger partial charge on any atom is 0.105 e. The Labute approximate surface area is 118 Å². The van der Waals surface area contributed by atoms with Gasteiger partial charge in [0, 0.05) is 8.95 Å². The number of aliphatic hydroxyl groups excluding tert-OH is 1. The summed E-state index contributed by atoms with van der Waals surface area (Å²) in [5, 5.41) is 10.4. The van der Waals surface area contributed by atoms with Crippen molar-refractivity contribution in [1.82, 2.24) is 0 Å². The van der Waals surface area contributed by atoms with E-state index in [9.17, 15) is 5.11 Å². The molecule has 1 N–H and O–H groups in total. The molecule has 2 aromatic carbocycles.